The Labute approximate surface area is 305 Å². The summed E-state index contributed by atoms with van der Waals surface area (Å²) in [6.07, 6.45) is -4.97. The van der Waals surface area contributed by atoms with E-state index < -0.39 is 57.3 Å². The van der Waals surface area contributed by atoms with E-state index in [1.165, 1.54) is 0 Å². The molecule has 0 aromatic heterocycles. The van der Waals surface area contributed by atoms with Crippen LogP contribution in [-0.4, -0.2) is 88.6 Å². The van der Waals surface area contributed by atoms with E-state index in [2.05, 4.69) is 86.3 Å². The van der Waals surface area contributed by atoms with Gasteiger partial charge in [0.1, 0.15) is 0 Å². The van der Waals surface area contributed by atoms with Gasteiger partial charge in [-0.25, -0.2) is 0 Å². The summed E-state index contributed by atoms with van der Waals surface area (Å²) < 4.78 is 45.0. The van der Waals surface area contributed by atoms with Crippen LogP contribution in [0.4, 0.5) is 0 Å². The monoisotopic (exact) mass is 728 g/mol. The molecule has 0 amide bonds. The maximum absolute atomic E-state index is 11.6. The molecule has 0 aliphatic carbocycles. The Hall–Kier alpha value is -2.69. The van der Waals surface area contributed by atoms with Crippen LogP contribution in [0.5, 0.6) is 0 Å². The Balaban J connectivity index is 1.49. The Morgan fingerprint density at radius 1 is 0.902 bits per heavy atom. The van der Waals surface area contributed by atoms with Crippen LogP contribution in [0.3, 0.4) is 0 Å². The van der Waals surface area contributed by atoms with E-state index in [4.69, 9.17) is 23.4 Å². The second kappa shape index (κ2) is 17.9. The van der Waals surface area contributed by atoms with Crippen LogP contribution < -0.4 is 10.4 Å². The third kappa shape index (κ3) is 8.93. The average molecular weight is 728 g/mol. The van der Waals surface area contributed by atoms with Crippen molar-refractivity contribution in [3.05, 3.63) is 107 Å². The summed E-state index contributed by atoms with van der Waals surface area (Å²) >= 11 is 0. The molecule has 3 aromatic rings. The topological polar surface area (TPSA) is 132 Å². The summed E-state index contributed by atoms with van der Waals surface area (Å²) in [4.78, 5) is 3.19. The standard InChI is InChI=1S/C37H49B2N3O7PSi/c1-24-30(23-46-51(37(4,5)6,28-18-12-8-13-19-28)29-20-14-9-15-21-29)48-36(31(41-42-40)35(24)50-39-38-44)49-33-26(3)47-25(2)32(43)34(33)45-22-27-16-10-7-11-17-27/h7-21,24-26,30-36,43,50H,22-23H2,1-6H3/t24-,25+,26?,30?,31?,32?,33?,34+,35+,36-/m1/s1. The predicted octanol–water partition coefficient (Wildman–Crippen LogP) is 5.37. The number of hydrogen-bond donors (Lipinski definition) is 1. The third-order valence-electron chi connectivity index (χ3n) is 10.1. The molecule has 3 aromatic carbocycles. The first-order valence-corrected chi connectivity index (χ1v) is 20.7. The zero-order chi connectivity index (χ0) is 36.6. The Morgan fingerprint density at radius 2 is 1.49 bits per heavy atom. The number of aliphatic hydroxyl groups is 1. The Kier molecular flexibility index (Phi) is 13.9. The van der Waals surface area contributed by atoms with Gasteiger partial charge in [0.05, 0.1) is 0 Å². The van der Waals surface area contributed by atoms with E-state index in [0.717, 1.165) is 23.0 Å². The van der Waals surface area contributed by atoms with Gasteiger partial charge in [-0.2, -0.15) is 0 Å². The molecule has 0 saturated carbocycles. The Bertz CT molecular complexity index is 1550. The minimum atomic E-state index is -2.93. The second-order valence-electron chi connectivity index (χ2n) is 14.5. The first-order chi connectivity index (χ1) is 24.5. The first-order valence-electron chi connectivity index (χ1n) is 17.6. The number of aliphatic hydroxyl groups excluding tert-OH is 1. The molecule has 2 aliphatic rings. The van der Waals surface area contributed by atoms with Crippen molar-refractivity contribution < 1.29 is 33.2 Å². The molecular weight excluding hydrogens is 679 g/mol. The van der Waals surface area contributed by atoms with Crippen LogP contribution in [0.15, 0.2) is 96.1 Å². The Morgan fingerprint density at radius 3 is 2.04 bits per heavy atom. The van der Waals surface area contributed by atoms with Crippen LogP contribution in [0.1, 0.15) is 47.1 Å². The van der Waals surface area contributed by atoms with Gasteiger partial charge in [0.2, 0.25) is 0 Å². The molecule has 2 aliphatic heterocycles. The number of benzene rings is 3. The molecule has 269 valence electrons. The van der Waals surface area contributed by atoms with Crippen LogP contribution in [0.25, 0.3) is 10.4 Å². The summed E-state index contributed by atoms with van der Waals surface area (Å²) in [5.74, 6) is -0.163. The van der Waals surface area contributed by atoms with E-state index >= 15 is 0 Å². The van der Waals surface area contributed by atoms with Crippen LogP contribution in [0.2, 0.25) is 5.04 Å². The summed E-state index contributed by atoms with van der Waals surface area (Å²) in [6, 6.07) is 29.8. The number of nitrogens with zero attached hydrogens (tertiary/aromatic N) is 3. The molecule has 10 nitrogen and oxygen atoms in total. The van der Waals surface area contributed by atoms with Crippen molar-refractivity contribution in [3.8, 4) is 0 Å². The van der Waals surface area contributed by atoms with E-state index in [1.807, 2.05) is 56.3 Å². The van der Waals surface area contributed by atoms with Crippen molar-refractivity contribution in [2.24, 2.45) is 11.0 Å². The van der Waals surface area contributed by atoms with Gasteiger partial charge in [-0.05, 0) is 0 Å². The van der Waals surface area contributed by atoms with Gasteiger partial charge >= 0.3 is 289 Å². The fourth-order valence-electron chi connectivity index (χ4n) is 7.48. The zero-order valence-electron chi connectivity index (χ0n) is 30.2. The van der Waals surface area contributed by atoms with Gasteiger partial charge in [-0.15, -0.1) is 0 Å². The third-order valence-corrected chi connectivity index (χ3v) is 16.7. The van der Waals surface area contributed by atoms with Crippen molar-refractivity contribution in [2.75, 3.05) is 6.61 Å². The van der Waals surface area contributed by atoms with Crippen molar-refractivity contribution in [2.45, 2.75) is 108 Å². The average Bonchev–Trinajstić information content (AvgIpc) is 3.12. The molecule has 2 fully saturated rings. The molecule has 1 radical (unpaired) electrons. The molecule has 51 heavy (non-hydrogen) atoms. The molecular formula is C37H49B2N3O7PSi. The quantitative estimate of drug-likeness (QED) is 0.0777. The van der Waals surface area contributed by atoms with Gasteiger partial charge in [0, 0.05) is 0 Å². The van der Waals surface area contributed by atoms with Crippen LogP contribution >= 0.6 is 8.46 Å². The molecule has 0 bridgehead atoms. The number of azide groups is 1. The normalized spacial score (nSPS) is 30.0. The number of hydrogen-bond acceptors (Lipinski definition) is 8. The maximum atomic E-state index is 11.6. The van der Waals surface area contributed by atoms with Gasteiger partial charge in [0.25, 0.3) is 0 Å². The van der Waals surface area contributed by atoms with Gasteiger partial charge in [0.15, 0.2) is 0 Å². The van der Waals surface area contributed by atoms with Crippen LogP contribution in [-0.2, 0) is 34.7 Å². The van der Waals surface area contributed by atoms with Crippen molar-refractivity contribution >= 4 is 41.1 Å². The summed E-state index contributed by atoms with van der Waals surface area (Å²) in [5.41, 5.74) is 10.4. The van der Waals surface area contributed by atoms with Crippen molar-refractivity contribution in [1.82, 2.24) is 0 Å². The molecule has 0 spiro atoms. The summed E-state index contributed by atoms with van der Waals surface area (Å²) in [5, 5.41) is 17.6. The first kappa shape index (κ1) is 39.5. The second-order valence-corrected chi connectivity index (χ2v) is 20.1. The number of rotatable bonds is 14. The van der Waals surface area contributed by atoms with Gasteiger partial charge in [-0.3, -0.25) is 0 Å². The van der Waals surface area contributed by atoms with Gasteiger partial charge in [-0.1, -0.05) is 18.2 Å². The van der Waals surface area contributed by atoms with Crippen LogP contribution in [0, 0.1) is 5.92 Å². The summed E-state index contributed by atoms with van der Waals surface area (Å²) in [7, 11) is -2.10. The number of ether oxygens (including phenoxy) is 4. The zero-order valence-corrected chi connectivity index (χ0v) is 32.2. The predicted molar refractivity (Wildman–Crippen MR) is 205 cm³/mol. The molecule has 2 saturated heterocycles. The summed E-state index contributed by atoms with van der Waals surface area (Å²) in [6.45, 7) is 14.5. The minimum absolute atomic E-state index is 0.0481. The fraction of sp³-hybridized carbons (Fsp3) is 0.514. The fourth-order valence-corrected chi connectivity index (χ4v) is 13.3. The van der Waals surface area contributed by atoms with Crippen molar-refractivity contribution in [3.63, 3.8) is 0 Å². The van der Waals surface area contributed by atoms with Crippen molar-refractivity contribution in [1.29, 1.82) is 0 Å². The van der Waals surface area contributed by atoms with E-state index in [-0.39, 0.29) is 38.3 Å². The molecule has 6 unspecified atom stereocenters. The molecule has 11 atom stereocenters. The van der Waals surface area contributed by atoms with E-state index in [0.29, 0.717) is 0 Å². The van der Waals surface area contributed by atoms with E-state index in [1.54, 1.807) is 6.89 Å². The molecule has 2 heterocycles. The SMILES string of the molecule is CC1O[C@@H](C)C(O)[C@H](OCc2ccccc2)C1O[C@H]1OC(CO[Si](c2ccccc2)(c2ccccc2)C(C)(C)C)[C@@H](C)[C@H](P[B]B=O)C1N=[N+]=[N-]. The molecule has 14 heteroatoms. The molecule has 1 N–H and O–H groups in total. The van der Waals surface area contributed by atoms with Gasteiger partial charge < -0.3 is 0 Å². The van der Waals surface area contributed by atoms with E-state index in [9.17, 15) is 15.3 Å². The molecule has 5 rings (SSSR count).